The SMILES string of the molecule is CC[C@@H]1C[C@H](O)[C@H](Cc2ccccc2)N1C(=O)O. The highest BCUT2D eigenvalue weighted by atomic mass is 16.4. The van der Waals surface area contributed by atoms with Crippen LogP contribution in [0.3, 0.4) is 0 Å². The van der Waals surface area contributed by atoms with E-state index in [2.05, 4.69) is 0 Å². The third-order valence-electron chi connectivity index (χ3n) is 3.69. The van der Waals surface area contributed by atoms with E-state index in [-0.39, 0.29) is 12.1 Å². The first-order valence-electron chi connectivity index (χ1n) is 6.36. The van der Waals surface area contributed by atoms with Crippen LogP contribution in [-0.4, -0.2) is 39.4 Å². The van der Waals surface area contributed by atoms with Crippen LogP contribution in [0.25, 0.3) is 0 Å². The van der Waals surface area contributed by atoms with Crippen LogP contribution in [0.4, 0.5) is 4.79 Å². The first kappa shape index (κ1) is 12.9. The number of benzene rings is 1. The molecule has 3 atom stereocenters. The Morgan fingerprint density at radius 2 is 2.06 bits per heavy atom. The van der Waals surface area contributed by atoms with Crippen LogP contribution in [0.5, 0.6) is 0 Å². The number of amides is 1. The predicted octanol–water partition coefficient (Wildman–Crippen LogP) is 2.12. The molecule has 0 aromatic heterocycles. The van der Waals surface area contributed by atoms with E-state index >= 15 is 0 Å². The first-order valence-corrected chi connectivity index (χ1v) is 6.36. The summed E-state index contributed by atoms with van der Waals surface area (Å²) < 4.78 is 0. The van der Waals surface area contributed by atoms with Crippen LogP contribution in [0.2, 0.25) is 0 Å². The molecule has 1 aromatic rings. The second kappa shape index (κ2) is 5.40. The van der Waals surface area contributed by atoms with Crippen molar-refractivity contribution in [1.29, 1.82) is 0 Å². The number of hydrogen-bond acceptors (Lipinski definition) is 2. The van der Waals surface area contributed by atoms with Crippen molar-refractivity contribution in [3.8, 4) is 0 Å². The lowest BCUT2D eigenvalue weighted by atomic mass is 10.0. The van der Waals surface area contributed by atoms with Gasteiger partial charge in [0.2, 0.25) is 0 Å². The predicted molar refractivity (Wildman–Crippen MR) is 68.5 cm³/mol. The molecule has 0 unspecified atom stereocenters. The minimum atomic E-state index is -0.931. The van der Waals surface area contributed by atoms with Crippen molar-refractivity contribution in [2.24, 2.45) is 0 Å². The summed E-state index contributed by atoms with van der Waals surface area (Å²) in [6, 6.07) is 9.33. The van der Waals surface area contributed by atoms with Gasteiger partial charge in [-0.25, -0.2) is 4.79 Å². The smallest absolute Gasteiger partial charge is 0.407 e. The van der Waals surface area contributed by atoms with Crippen LogP contribution >= 0.6 is 0 Å². The Balaban J connectivity index is 2.17. The lowest BCUT2D eigenvalue weighted by Gasteiger charge is -2.27. The van der Waals surface area contributed by atoms with Crippen molar-refractivity contribution in [3.05, 3.63) is 35.9 Å². The van der Waals surface area contributed by atoms with Crippen molar-refractivity contribution in [2.75, 3.05) is 0 Å². The Kier molecular flexibility index (Phi) is 3.87. The summed E-state index contributed by atoms with van der Waals surface area (Å²) in [4.78, 5) is 12.8. The second-order valence-corrected chi connectivity index (χ2v) is 4.81. The molecule has 0 bridgehead atoms. The number of aliphatic hydroxyl groups excluding tert-OH is 1. The van der Waals surface area contributed by atoms with Crippen molar-refractivity contribution in [1.82, 2.24) is 4.90 Å². The normalized spacial score (nSPS) is 27.4. The molecule has 1 amide bonds. The number of carbonyl (C=O) groups is 1. The minimum absolute atomic E-state index is 0.0637. The second-order valence-electron chi connectivity index (χ2n) is 4.81. The molecule has 1 aliphatic rings. The Labute approximate surface area is 107 Å². The van der Waals surface area contributed by atoms with Crippen LogP contribution in [0.15, 0.2) is 30.3 Å². The summed E-state index contributed by atoms with van der Waals surface area (Å²) in [7, 11) is 0. The maximum Gasteiger partial charge on any atom is 0.407 e. The standard InChI is InChI=1S/C14H19NO3/c1-2-11-9-13(16)12(15(11)14(17)18)8-10-6-4-3-5-7-10/h3-7,11-13,16H,2,8-9H2,1H3,(H,17,18)/t11-,12+,13+/m1/s1. The van der Waals surface area contributed by atoms with Gasteiger partial charge in [0, 0.05) is 6.04 Å². The van der Waals surface area contributed by atoms with Gasteiger partial charge in [0.15, 0.2) is 0 Å². The van der Waals surface area contributed by atoms with Crippen LogP contribution < -0.4 is 0 Å². The Morgan fingerprint density at radius 1 is 1.39 bits per heavy atom. The molecule has 2 N–H and O–H groups in total. The highest BCUT2D eigenvalue weighted by Gasteiger charge is 2.42. The molecule has 1 heterocycles. The van der Waals surface area contributed by atoms with E-state index < -0.39 is 12.2 Å². The third-order valence-corrected chi connectivity index (χ3v) is 3.69. The highest BCUT2D eigenvalue weighted by Crippen LogP contribution is 2.29. The van der Waals surface area contributed by atoms with Crippen LogP contribution in [0.1, 0.15) is 25.3 Å². The molecule has 1 fully saturated rings. The summed E-state index contributed by atoms with van der Waals surface area (Å²) >= 11 is 0. The largest absolute Gasteiger partial charge is 0.465 e. The summed E-state index contributed by atoms with van der Waals surface area (Å²) in [6.45, 7) is 1.96. The van der Waals surface area contributed by atoms with Gasteiger partial charge >= 0.3 is 6.09 Å². The molecule has 1 aromatic carbocycles. The van der Waals surface area contributed by atoms with E-state index in [0.717, 1.165) is 12.0 Å². The molecule has 0 saturated carbocycles. The fourth-order valence-corrected chi connectivity index (χ4v) is 2.76. The maximum atomic E-state index is 11.3. The summed E-state index contributed by atoms with van der Waals surface area (Å²) in [6.07, 6.45) is 0.366. The molecule has 0 aliphatic carbocycles. The van der Waals surface area contributed by atoms with Gasteiger partial charge in [0.25, 0.3) is 0 Å². The van der Waals surface area contributed by atoms with E-state index in [1.807, 2.05) is 37.3 Å². The highest BCUT2D eigenvalue weighted by molar-refractivity contribution is 5.66. The number of rotatable bonds is 3. The number of likely N-dealkylation sites (tertiary alicyclic amines) is 1. The third kappa shape index (κ3) is 2.48. The fourth-order valence-electron chi connectivity index (χ4n) is 2.76. The maximum absolute atomic E-state index is 11.3. The van der Waals surface area contributed by atoms with Crippen molar-refractivity contribution >= 4 is 6.09 Å². The summed E-state index contributed by atoms with van der Waals surface area (Å²) in [5.41, 5.74) is 1.06. The molecule has 4 heteroatoms. The van der Waals surface area contributed by atoms with E-state index in [9.17, 15) is 15.0 Å². The Morgan fingerprint density at radius 3 is 2.61 bits per heavy atom. The van der Waals surface area contributed by atoms with E-state index in [0.29, 0.717) is 12.8 Å². The van der Waals surface area contributed by atoms with E-state index in [4.69, 9.17) is 0 Å². The number of aliphatic hydroxyl groups is 1. The molecule has 1 aliphatic heterocycles. The molecular formula is C14H19NO3. The quantitative estimate of drug-likeness (QED) is 0.862. The van der Waals surface area contributed by atoms with Gasteiger partial charge in [-0.3, -0.25) is 4.90 Å². The van der Waals surface area contributed by atoms with Gasteiger partial charge in [-0.1, -0.05) is 37.3 Å². The topological polar surface area (TPSA) is 60.8 Å². The van der Waals surface area contributed by atoms with Gasteiger partial charge in [-0.05, 0) is 24.8 Å². The average molecular weight is 249 g/mol. The molecule has 2 rings (SSSR count). The van der Waals surface area contributed by atoms with E-state index in [1.54, 1.807) is 0 Å². The fraction of sp³-hybridized carbons (Fsp3) is 0.500. The Hall–Kier alpha value is -1.55. The van der Waals surface area contributed by atoms with Crippen LogP contribution in [0, 0.1) is 0 Å². The molecule has 0 spiro atoms. The van der Waals surface area contributed by atoms with Gasteiger partial charge in [0.1, 0.15) is 0 Å². The van der Waals surface area contributed by atoms with Gasteiger partial charge in [-0.2, -0.15) is 0 Å². The average Bonchev–Trinajstić information content (AvgIpc) is 2.67. The zero-order valence-electron chi connectivity index (χ0n) is 10.5. The minimum Gasteiger partial charge on any atom is -0.465 e. The van der Waals surface area contributed by atoms with Crippen molar-refractivity contribution < 1.29 is 15.0 Å². The van der Waals surface area contributed by atoms with Gasteiger partial charge < -0.3 is 10.2 Å². The van der Waals surface area contributed by atoms with Crippen LogP contribution in [-0.2, 0) is 6.42 Å². The summed E-state index contributed by atoms with van der Waals surface area (Å²) in [5.74, 6) is 0. The van der Waals surface area contributed by atoms with Crippen molar-refractivity contribution in [3.63, 3.8) is 0 Å². The lowest BCUT2D eigenvalue weighted by molar-refractivity contribution is 0.0921. The summed E-state index contributed by atoms with van der Waals surface area (Å²) in [5, 5.41) is 19.4. The zero-order valence-corrected chi connectivity index (χ0v) is 10.5. The van der Waals surface area contributed by atoms with Gasteiger partial charge in [0.05, 0.1) is 12.1 Å². The van der Waals surface area contributed by atoms with Gasteiger partial charge in [-0.15, -0.1) is 0 Å². The number of hydrogen-bond donors (Lipinski definition) is 2. The number of carboxylic acid groups (broad SMARTS) is 1. The molecule has 18 heavy (non-hydrogen) atoms. The zero-order chi connectivity index (χ0) is 13.1. The van der Waals surface area contributed by atoms with E-state index in [1.165, 1.54) is 4.90 Å². The molecule has 98 valence electrons. The molecule has 1 saturated heterocycles. The van der Waals surface area contributed by atoms with Crippen molar-refractivity contribution in [2.45, 2.75) is 44.4 Å². The molecular weight excluding hydrogens is 230 g/mol. The molecule has 4 nitrogen and oxygen atoms in total. The first-order chi connectivity index (χ1) is 8.63. The lowest BCUT2D eigenvalue weighted by Crippen LogP contribution is -2.43. The Bertz CT molecular complexity index is 407. The molecule has 0 radical (unpaired) electrons. The number of nitrogens with zero attached hydrogens (tertiary/aromatic N) is 1. The monoisotopic (exact) mass is 249 g/mol.